The van der Waals surface area contributed by atoms with Crippen molar-refractivity contribution in [2.75, 3.05) is 6.26 Å². The molecule has 1 aromatic rings. The summed E-state index contributed by atoms with van der Waals surface area (Å²) in [6.07, 6.45) is 0.757. The van der Waals surface area contributed by atoms with Crippen LogP contribution in [0.25, 0.3) is 0 Å². The Morgan fingerprint density at radius 3 is 2.44 bits per heavy atom. The van der Waals surface area contributed by atoms with Gasteiger partial charge in [-0.05, 0) is 33.1 Å². The topological polar surface area (TPSA) is 62.1 Å². The zero-order valence-corrected chi connectivity index (χ0v) is 15.1. The molecule has 1 unspecified atom stereocenters. The largest absolute Gasteiger partial charge is 0.444 e. The molecule has 136 valence electrons. The fourth-order valence-electron chi connectivity index (χ4n) is 1.91. The molecule has 1 rings (SSSR count). The monoisotopic (exact) mass is 372 g/mol. The van der Waals surface area contributed by atoms with Crippen LogP contribution in [0.5, 0.6) is 0 Å². The van der Waals surface area contributed by atoms with Crippen molar-refractivity contribution in [1.29, 1.82) is 5.26 Å². The maximum absolute atomic E-state index is 14.7. The summed E-state index contributed by atoms with van der Waals surface area (Å²) in [5.41, 5.74) is -1.32. The number of alkyl halides is 2. The number of benzene rings is 1. The number of halogens is 3. The number of carbonyl (C=O) groups is 1. The Bertz CT molecular complexity index is 694. The van der Waals surface area contributed by atoms with Gasteiger partial charge in [0, 0.05) is 11.6 Å². The third-order valence-electron chi connectivity index (χ3n) is 2.92. The SMILES string of the molecule is CS/C(C#N)=C/C(F)(F)C(NC(=O)OC(C)(C)C)c1ccccc1F. The molecular formula is C17H19F3N2O2S. The van der Waals surface area contributed by atoms with Crippen LogP contribution in [0.15, 0.2) is 35.2 Å². The van der Waals surface area contributed by atoms with Crippen molar-refractivity contribution in [3.05, 3.63) is 46.6 Å². The zero-order chi connectivity index (χ0) is 19.3. The molecule has 0 saturated heterocycles. The highest BCUT2D eigenvalue weighted by Gasteiger charge is 2.42. The summed E-state index contributed by atoms with van der Waals surface area (Å²) in [6, 6.07) is 4.48. The number of hydrogen-bond acceptors (Lipinski definition) is 4. The third-order valence-corrected chi connectivity index (χ3v) is 3.56. The number of thioether (sulfide) groups is 1. The van der Waals surface area contributed by atoms with E-state index in [4.69, 9.17) is 10.00 Å². The second kappa shape index (κ2) is 8.30. The van der Waals surface area contributed by atoms with E-state index in [0.29, 0.717) is 6.08 Å². The smallest absolute Gasteiger partial charge is 0.408 e. The number of ether oxygens (including phenoxy) is 1. The first kappa shape index (κ1) is 20.9. The van der Waals surface area contributed by atoms with Crippen molar-refractivity contribution in [3.8, 4) is 6.07 Å². The predicted octanol–water partition coefficient (Wildman–Crippen LogP) is 4.80. The highest BCUT2D eigenvalue weighted by atomic mass is 32.2. The van der Waals surface area contributed by atoms with E-state index < -0.39 is 35.0 Å². The Morgan fingerprint density at radius 2 is 1.96 bits per heavy atom. The fraction of sp³-hybridized carbons (Fsp3) is 0.412. The van der Waals surface area contributed by atoms with Crippen LogP contribution in [0, 0.1) is 17.1 Å². The molecule has 0 heterocycles. The number of rotatable bonds is 5. The van der Waals surface area contributed by atoms with Gasteiger partial charge in [0.2, 0.25) is 0 Å². The quantitative estimate of drug-likeness (QED) is 0.755. The van der Waals surface area contributed by atoms with Gasteiger partial charge >= 0.3 is 6.09 Å². The Labute approximate surface area is 149 Å². The van der Waals surface area contributed by atoms with Crippen molar-refractivity contribution in [2.45, 2.75) is 38.3 Å². The Morgan fingerprint density at radius 1 is 1.36 bits per heavy atom. The highest BCUT2D eigenvalue weighted by molar-refractivity contribution is 8.02. The van der Waals surface area contributed by atoms with Gasteiger partial charge in [-0.2, -0.15) is 14.0 Å². The number of amides is 1. The molecule has 1 aromatic carbocycles. The lowest BCUT2D eigenvalue weighted by atomic mass is 9.99. The summed E-state index contributed by atoms with van der Waals surface area (Å²) < 4.78 is 48.4. The molecule has 1 amide bonds. The number of allylic oxidation sites excluding steroid dienone is 1. The van der Waals surface area contributed by atoms with Gasteiger partial charge in [-0.3, -0.25) is 0 Å². The van der Waals surface area contributed by atoms with Crippen molar-refractivity contribution in [1.82, 2.24) is 5.32 Å². The van der Waals surface area contributed by atoms with E-state index >= 15 is 0 Å². The van der Waals surface area contributed by atoms with Gasteiger partial charge < -0.3 is 10.1 Å². The second-order valence-corrected chi connectivity index (χ2v) is 6.95. The fourth-order valence-corrected chi connectivity index (χ4v) is 2.28. The lowest BCUT2D eigenvalue weighted by molar-refractivity contribution is -0.00176. The first-order valence-corrected chi connectivity index (χ1v) is 8.51. The van der Waals surface area contributed by atoms with Crippen LogP contribution in [0.1, 0.15) is 32.4 Å². The zero-order valence-electron chi connectivity index (χ0n) is 14.3. The predicted molar refractivity (Wildman–Crippen MR) is 90.7 cm³/mol. The van der Waals surface area contributed by atoms with Crippen LogP contribution in [0.3, 0.4) is 0 Å². The molecule has 0 fully saturated rings. The summed E-state index contributed by atoms with van der Waals surface area (Å²) in [7, 11) is 0. The van der Waals surface area contributed by atoms with Gasteiger partial charge in [-0.25, -0.2) is 9.18 Å². The summed E-state index contributed by atoms with van der Waals surface area (Å²) in [5.74, 6) is -4.62. The summed E-state index contributed by atoms with van der Waals surface area (Å²) >= 11 is 0.825. The molecule has 0 aliphatic rings. The van der Waals surface area contributed by atoms with Gasteiger partial charge in [0.15, 0.2) is 0 Å². The van der Waals surface area contributed by atoms with Crippen LogP contribution in [0.4, 0.5) is 18.0 Å². The van der Waals surface area contributed by atoms with Crippen LogP contribution < -0.4 is 5.32 Å². The minimum Gasteiger partial charge on any atom is -0.444 e. The van der Waals surface area contributed by atoms with Gasteiger partial charge in [-0.1, -0.05) is 18.2 Å². The van der Waals surface area contributed by atoms with E-state index in [-0.39, 0.29) is 4.91 Å². The average molecular weight is 372 g/mol. The average Bonchev–Trinajstić information content (AvgIpc) is 2.49. The molecule has 25 heavy (non-hydrogen) atoms. The van der Waals surface area contributed by atoms with E-state index in [0.717, 1.165) is 23.9 Å². The molecule has 1 N–H and O–H groups in total. The second-order valence-electron chi connectivity index (χ2n) is 6.10. The Hall–Kier alpha value is -2.14. The molecule has 0 bridgehead atoms. The van der Waals surface area contributed by atoms with Crippen molar-refractivity contribution in [2.24, 2.45) is 0 Å². The molecule has 0 spiro atoms. The normalized spacial score (nSPS) is 13.8. The Kier molecular flexibility index (Phi) is 6.94. The van der Waals surface area contributed by atoms with Crippen molar-refractivity contribution < 1.29 is 22.7 Å². The van der Waals surface area contributed by atoms with Gasteiger partial charge in [0.05, 0.1) is 4.91 Å². The minimum absolute atomic E-state index is 0.252. The van der Waals surface area contributed by atoms with Crippen LogP contribution in [-0.4, -0.2) is 23.9 Å². The minimum atomic E-state index is -3.72. The molecule has 0 aliphatic carbocycles. The molecular weight excluding hydrogens is 353 g/mol. The first-order chi connectivity index (χ1) is 11.5. The maximum Gasteiger partial charge on any atom is 0.408 e. The third kappa shape index (κ3) is 6.35. The van der Waals surface area contributed by atoms with Gasteiger partial charge in [0.1, 0.15) is 23.5 Å². The van der Waals surface area contributed by atoms with Gasteiger partial charge in [0.25, 0.3) is 5.92 Å². The molecule has 4 nitrogen and oxygen atoms in total. The summed E-state index contributed by atoms with van der Waals surface area (Å²) in [5, 5.41) is 10.9. The molecule has 8 heteroatoms. The molecule has 0 aromatic heterocycles. The molecule has 0 saturated carbocycles. The highest BCUT2D eigenvalue weighted by Crippen LogP contribution is 2.36. The molecule has 0 radical (unpaired) electrons. The van der Waals surface area contributed by atoms with Gasteiger partial charge in [-0.15, -0.1) is 11.8 Å². The van der Waals surface area contributed by atoms with E-state index in [2.05, 4.69) is 0 Å². The summed E-state index contributed by atoms with van der Waals surface area (Å²) in [4.78, 5) is 11.7. The maximum atomic E-state index is 14.7. The van der Waals surface area contributed by atoms with E-state index in [9.17, 15) is 18.0 Å². The van der Waals surface area contributed by atoms with E-state index in [1.807, 2.05) is 5.32 Å². The number of carbonyl (C=O) groups excluding carboxylic acids is 1. The van der Waals surface area contributed by atoms with Crippen LogP contribution >= 0.6 is 11.8 Å². The van der Waals surface area contributed by atoms with E-state index in [1.165, 1.54) is 18.4 Å². The lowest BCUT2D eigenvalue weighted by Crippen LogP contribution is -2.42. The van der Waals surface area contributed by atoms with Crippen molar-refractivity contribution >= 4 is 17.9 Å². The Balaban J connectivity index is 3.29. The molecule has 0 aliphatic heterocycles. The number of nitrogens with zero attached hydrogens (tertiary/aromatic N) is 1. The first-order valence-electron chi connectivity index (χ1n) is 7.29. The number of hydrogen-bond donors (Lipinski definition) is 1. The van der Waals surface area contributed by atoms with Crippen LogP contribution in [-0.2, 0) is 4.74 Å². The standard InChI is InChI=1S/C17H19F3N2O2S/c1-16(2,3)24-15(23)22-14(12-7-5-6-8-13(12)18)17(19,20)9-11(10-21)25-4/h5-9,14H,1-4H3,(H,22,23)/b11-9+. The molecule has 1 atom stereocenters. The number of alkyl carbamates (subject to hydrolysis) is 1. The van der Waals surface area contributed by atoms with Crippen molar-refractivity contribution in [3.63, 3.8) is 0 Å². The summed E-state index contributed by atoms with van der Waals surface area (Å²) in [6.45, 7) is 4.72. The van der Waals surface area contributed by atoms with Crippen LogP contribution in [0.2, 0.25) is 0 Å². The number of nitrogens with one attached hydrogen (secondary N) is 1. The lowest BCUT2D eigenvalue weighted by Gasteiger charge is -2.28. The van der Waals surface area contributed by atoms with E-state index in [1.54, 1.807) is 26.8 Å². The number of nitriles is 1.